The lowest BCUT2D eigenvalue weighted by Gasteiger charge is -2.20. The van der Waals surface area contributed by atoms with Gasteiger partial charge in [0.1, 0.15) is 0 Å². The molecule has 1 aromatic rings. The summed E-state index contributed by atoms with van der Waals surface area (Å²) in [5, 5.41) is 4.13. The van der Waals surface area contributed by atoms with E-state index in [1.807, 2.05) is 5.38 Å². The Morgan fingerprint density at radius 3 is 2.83 bits per heavy atom. The van der Waals surface area contributed by atoms with Crippen molar-refractivity contribution in [3.8, 4) is 0 Å². The van der Waals surface area contributed by atoms with Crippen molar-refractivity contribution in [2.45, 2.75) is 25.5 Å². The Hall–Kier alpha value is -0.380. The molecule has 0 saturated carbocycles. The smallest absolute Gasteiger partial charge is 0.0979 e. The number of methoxy groups -OCH3 is 1. The molecule has 0 aliphatic rings. The molecule has 12 heavy (non-hydrogen) atoms. The Labute approximate surface area is 77.3 Å². The van der Waals surface area contributed by atoms with Crippen molar-refractivity contribution >= 4 is 11.3 Å². The number of hydrogen-bond donors (Lipinski definition) is 1. The van der Waals surface area contributed by atoms with E-state index in [-0.39, 0.29) is 12.1 Å². The molecule has 0 radical (unpaired) electrons. The van der Waals surface area contributed by atoms with Crippen LogP contribution in [0.25, 0.3) is 0 Å². The maximum atomic E-state index is 5.90. The molecule has 2 unspecified atom stereocenters. The number of rotatable bonds is 4. The van der Waals surface area contributed by atoms with E-state index in [0.717, 1.165) is 6.42 Å². The highest BCUT2D eigenvalue weighted by Crippen LogP contribution is 2.22. The summed E-state index contributed by atoms with van der Waals surface area (Å²) in [4.78, 5) is 0. The van der Waals surface area contributed by atoms with Gasteiger partial charge in [0.2, 0.25) is 0 Å². The molecule has 0 saturated heterocycles. The molecule has 2 N–H and O–H groups in total. The average Bonchev–Trinajstić information content (AvgIpc) is 2.58. The average molecular weight is 185 g/mol. The van der Waals surface area contributed by atoms with Gasteiger partial charge in [-0.3, -0.25) is 0 Å². The largest absolute Gasteiger partial charge is 0.375 e. The normalized spacial score (nSPS) is 15.9. The first-order valence-electron chi connectivity index (χ1n) is 4.10. The first-order chi connectivity index (χ1) is 5.79. The quantitative estimate of drug-likeness (QED) is 0.780. The van der Waals surface area contributed by atoms with Crippen LogP contribution in [0.5, 0.6) is 0 Å². The first kappa shape index (κ1) is 9.71. The Morgan fingerprint density at radius 1 is 1.67 bits per heavy atom. The van der Waals surface area contributed by atoms with Gasteiger partial charge in [0.15, 0.2) is 0 Å². The van der Waals surface area contributed by atoms with Crippen molar-refractivity contribution in [2.24, 2.45) is 5.73 Å². The molecule has 68 valence electrons. The van der Waals surface area contributed by atoms with Crippen LogP contribution in [0, 0.1) is 0 Å². The van der Waals surface area contributed by atoms with Gasteiger partial charge in [-0.15, -0.1) is 0 Å². The second-order valence-electron chi connectivity index (χ2n) is 2.79. The van der Waals surface area contributed by atoms with Crippen LogP contribution >= 0.6 is 11.3 Å². The fraction of sp³-hybridized carbons (Fsp3) is 0.556. The van der Waals surface area contributed by atoms with E-state index in [4.69, 9.17) is 10.5 Å². The molecule has 3 heteroatoms. The zero-order valence-corrected chi connectivity index (χ0v) is 8.30. The van der Waals surface area contributed by atoms with E-state index in [1.165, 1.54) is 5.56 Å². The van der Waals surface area contributed by atoms with Gasteiger partial charge in [0, 0.05) is 13.2 Å². The molecule has 0 bridgehead atoms. The van der Waals surface area contributed by atoms with Crippen molar-refractivity contribution in [1.29, 1.82) is 0 Å². The fourth-order valence-electron chi connectivity index (χ4n) is 1.21. The predicted molar refractivity (Wildman–Crippen MR) is 52.3 cm³/mol. The molecule has 1 rings (SSSR count). The van der Waals surface area contributed by atoms with E-state index in [1.54, 1.807) is 18.4 Å². The molecule has 0 spiro atoms. The minimum Gasteiger partial charge on any atom is -0.375 e. The summed E-state index contributed by atoms with van der Waals surface area (Å²) >= 11 is 1.68. The summed E-state index contributed by atoms with van der Waals surface area (Å²) in [6, 6.07) is 2.17. The van der Waals surface area contributed by atoms with Gasteiger partial charge >= 0.3 is 0 Å². The van der Waals surface area contributed by atoms with Crippen molar-refractivity contribution in [3.63, 3.8) is 0 Å². The second-order valence-corrected chi connectivity index (χ2v) is 3.57. The Balaban J connectivity index is 2.69. The molecule has 1 heterocycles. The molecule has 1 aromatic heterocycles. The number of hydrogen-bond acceptors (Lipinski definition) is 3. The summed E-state index contributed by atoms with van der Waals surface area (Å²) in [5.74, 6) is 0. The van der Waals surface area contributed by atoms with Gasteiger partial charge < -0.3 is 10.5 Å². The molecule has 2 atom stereocenters. The van der Waals surface area contributed by atoms with Crippen LogP contribution in [0.1, 0.15) is 25.0 Å². The van der Waals surface area contributed by atoms with Gasteiger partial charge in [-0.25, -0.2) is 0 Å². The highest BCUT2D eigenvalue weighted by Gasteiger charge is 2.17. The molecule has 0 aromatic carbocycles. The summed E-state index contributed by atoms with van der Waals surface area (Å²) in [6.45, 7) is 2.07. The van der Waals surface area contributed by atoms with Crippen LogP contribution in [0.3, 0.4) is 0 Å². The van der Waals surface area contributed by atoms with Crippen LogP contribution in [0.4, 0.5) is 0 Å². The maximum absolute atomic E-state index is 5.90. The molecule has 0 fully saturated rings. The third-order valence-corrected chi connectivity index (χ3v) is 2.69. The van der Waals surface area contributed by atoms with E-state index >= 15 is 0 Å². The van der Waals surface area contributed by atoms with Gasteiger partial charge in [0.05, 0.1) is 6.10 Å². The van der Waals surface area contributed by atoms with Crippen LogP contribution in [-0.4, -0.2) is 13.2 Å². The zero-order chi connectivity index (χ0) is 8.97. The molecular weight excluding hydrogens is 170 g/mol. The molecule has 0 aliphatic carbocycles. The Bertz CT molecular complexity index is 210. The number of nitrogens with two attached hydrogens (primary N) is 1. The lowest BCUT2D eigenvalue weighted by Crippen LogP contribution is -2.28. The molecule has 0 aliphatic heterocycles. The SMILES string of the molecule is CCC(N)C(OC)c1ccsc1. The van der Waals surface area contributed by atoms with Crippen molar-refractivity contribution in [3.05, 3.63) is 22.4 Å². The van der Waals surface area contributed by atoms with Gasteiger partial charge in [-0.2, -0.15) is 11.3 Å². The highest BCUT2D eigenvalue weighted by atomic mass is 32.1. The Morgan fingerprint density at radius 2 is 2.42 bits per heavy atom. The van der Waals surface area contributed by atoms with Crippen molar-refractivity contribution < 1.29 is 4.74 Å². The van der Waals surface area contributed by atoms with E-state index in [9.17, 15) is 0 Å². The second kappa shape index (κ2) is 4.60. The number of ether oxygens (including phenoxy) is 1. The van der Waals surface area contributed by atoms with Gasteiger partial charge in [-0.1, -0.05) is 6.92 Å². The van der Waals surface area contributed by atoms with Gasteiger partial charge in [0.25, 0.3) is 0 Å². The lowest BCUT2D eigenvalue weighted by atomic mass is 10.0. The van der Waals surface area contributed by atoms with Crippen LogP contribution in [0.2, 0.25) is 0 Å². The standard InChI is InChI=1S/C9H15NOS/c1-3-8(10)9(11-2)7-4-5-12-6-7/h4-6,8-9H,3,10H2,1-2H3. The molecular formula is C9H15NOS. The minimum absolute atomic E-state index is 0.0567. The summed E-state index contributed by atoms with van der Waals surface area (Å²) in [7, 11) is 1.71. The summed E-state index contributed by atoms with van der Waals surface area (Å²) in [5.41, 5.74) is 7.09. The zero-order valence-electron chi connectivity index (χ0n) is 7.49. The summed E-state index contributed by atoms with van der Waals surface area (Å²) < 4.78 is 5.33. The third-order valence-electron chi connectivity index (χ3n) is 1.99. The summed E-state index contributed by atoms with van der Waals surface area (Å²) in [6.07, 6.45) is 0.996. The number of thiophene rings is 1. The molecule has 2 nitrogen and oxygen atoms in total. The lowest BCUT2D eigenvalue weighted by molar-refractivity contribution is 0.0794. The molecule has 0 amide bonds. The fourth-order valence-corrected chi connectivity index (χ4v) is 1.89. The van der Waals surface area contributed by atoms with Crippen molar-refractivity contribution in [2.75, 3.05) is 7.11 Å². The van der Waals surface area contributed by atoms with Crippen molar-refractivity contribution in [1.82, 2.24) is 0 Å². The maximum Gasteiger partial charge on any atom is 0.0979 e. The van der Waals surface area contributed by atoms with Crippen LogP contribution in [0.15, 0.2) is 16.8 Å². The van der Waals surface area contributed by atoms with Crippen LogP contribution < -0.4 is 5.73 Å². The van der Waals surface area contributed by atoms with Crippen LogP contribution in [-0.2, 0) is 4.74 Å². The topological polar surface area (TPSA) is 35.2 Å². The van der Waals surface area contributed by atoms with E-state index in [2.05, 4.69) is 18.4 Å². The highest BCUT2D eigenvalue weighted by molar-refractivity contribution is 7.07. The Kier molecular flexibility index (Phi) is 3.72. The van der Waals surface area contributed by atoms with E-state index < -0.39 is 0 Å². The third kappa shape index (κ3) is 2.06. The van der Waals surface area contributed by atoms with E-state index in [0.29, 0.717) is 0 Å². The first-order valence-corrected chi connectivity index (χ1v) is 5.04. The monoisotopic (exact) mass is 185 g/mol. The minimum atomic E-state index is 0.0567. The predicted octanol–water partition coefficient (Wildman–Crippen LogP) is 2.17. The van der Waals surface area contributed by atoms with Gasteiger partial charge in [-0.05, 0) is 28.8 Å².